The molecular weight excluding hydrogens is 334 g/mol. The number of hydrogen-bond donors (Lipinski definition) is 1. The van der Waals surface area contributed by atoms with E-state index in [1.54, 1.807) is 30.5 Å². The molecule has 3 heterocycles. The van der Waals surface area contributed by atoms with E-state index in [1.165, 1.54) is 16.9 Å². The topological polar surface area (TPSA) is 90.3 Å². The van der Waals surface area contributed by atoms with Crippen LogP contribution in [0.15, 0.2) is 56.5 Å². The van der Waals surface area contributed by atoms with Crippen LogP contribution in [0.3, 0.4) is 0 Å². The third-order valence-corrected chi connectivity index (χ3v) is 3.90. The molecule has 0 spiro atoms. The van der Waals surface area contributed by atoms with Gasteiger partial charge in [-0.3, -0.25) is 9.59 Å². The van der Waals surface area contributed by atoms with Gasteiger partial charge in [0.2, 0.25) is 0 Å². The molecule has 7 heteroatoms. The zero-order valence-electron chi connectivity index (χ0n) is 15.0. The fourth-order valence-corrected chi connectivity index (χ4v) is 2.61. The van der Waals surface area contributed by atoms with Gasteiger partial charge in [0, 0.05) is 29.8 Å². The third kappa shape index (κ3) is 3.93. The van der Waals surface area contributed by atoms with E-state index in [2.05, 4.69) is 10.5 Å². The fraction of sp³-hybridized carbons (Fsp3) is 0.316. The Balaban J connectivity index is 1.65. The highest BCUT2D eigenvalue weighted by atomic mass is 16.5. The average Bonchev–Trinajstić information content (AvgIpc) is 3.23. The standard InChI is InChI=1S/C19H21N3O4/c1-19(2,3)17-13(12-25-21-17)10-20-18(24)15-8-7-14(26-15)11-22-9-5-4-6-16(22)23/h4-9,12H,10-11H2,1-3H3,(H,20,24). The van der Waals surface area contributed by atoms with Gasteiger partial charge in [-0.05, 0) is 18.2 Å². The highest BCUT2D eigenvalue weighted by Crippen LogP contribution is 2.24. The predicted molar refractivity (Wildman–Crippen MR) is 94.9 cm³/mol. The van der Waals surface area contributed by atoms with E-state index in [-0.39, 0.29) is 29.2 Å². The summed E-state index contributed by atoms with van der Waals surface area (Å²) in [5.74, 6) is 0.388. The lowest BCUT2D eigenvalue weighted by Crippen LogP contribution is -2.24. The molecule has 0 aliphatic heterocycles. The Morgan fingerprint density at radius 2 is 2.04 bits per heavy atom. The van der Waals surface area contributed by atoms with E-state index < -0.39 is 0 Å². The molecule has 3 aromatic rings. The van der Waals surface area contributed by atoms with Crippen LogP contribution in [0.25, 0.3) is 0 Å². The summed E-state index contributed by atoms with van der Waals surface area (Å²) in [5.41, 5.74) is 1.33. The summed E-state index contributed by atoms with van der Waals surface area (Å²) in [6, 6.07) is 8.20. The lowest BCUT2D eigenvalue weighted by atomic mass is 9.89. The van der Waals surface area contributed by atoms with Gasteiger partial charge in [0.05, 0.1) is 12.2 Å². The van der Waals surface area contributed by atoms with Crippen LogP contribution >= 0.6 is 0 Å². The van der Waals surface area contributed by atoms with Gasteiger partial charge < -0.3 is 18.8 Å². The van der Waals surface area contributed by atoms with Gasteiger partial charge in [-0.15, -0.1) is 0 Å². The van der Waals surface area contributed by atoms with Crippen LogP contribution in [-0.4, -0.2) is 15.6 Å². The summed E-state index contributed by atoms with van der Waals surface area (Å²) in [6.45, 7) is 6.65. The zero-order chi connectivity index (χ0) is 18.7. The quantitative estimate of drug-likeness (QED) is 0.760. The average molecular weight is 355 g/mol. The lowest BCUT2D eigenvalue weighted by molar-refractivity contribution is 0.0921. The number of pyridine rings is 1. The van der Waals surface area contributed by atoms with Crippen molar-refractivity contribution in [2.75, 3.05) is 0 Å². The number of carbonyl (C=O) groups is 1. The third-order valence-electron chi connectivity index (χ3n) is 3.90. The Kier molecular flexibility index (Phi) is 4.79. The maximum absolute atomic E-state index is 12.3. The van der Waals surface area contributed by atoms with E-state index in [0.717, 1.165) is 11.3 Å². The smallest absolute Gasteiger partial charge is 0.287 e. The molecule has 1 amide bonds. The monoisotopic (exact) mass is 355 g/mol. The van der Waals surface area contributed by atoms with Gasteiger partial charge in [-0.1, -0.05) is 32.0 Å². The highest BCUT2D eigenvalue weighted by Gasteiger charge is 2.22. The second kappa shape index (κ2) is 7.03. The van der Waals surface area contributed by atoms with Gasteiger partial charge in [-0.2, -0.15) is 0 Å². The van der Waals surface area contributed by atoms with Crippen molar-refractivity contribution < 1.29 is 13.7 Å². The van der Waals surface area contributed by atoms with Crippen molar-refractivity contribution in [3.8, 4) is 0 Å². The summed E-state index contributed by atoms with van der Waals surface area (Å²) >= 11 is 0. The van der Waals surface area contributed by atoms with Gasteiger partial charge >= 0.3 is 0 Å². The molecule has 3 aromatic heterocycles. The van der Waals surface area contributed by atoms with Crippen LogP contribution in [-0.2, 0) is 18.5 Å². The van der Waals surface area contributed by atoms with Crippen LogP contribution in [0.5, 0.6) is 0 Å². The molecule has 3 rings (SSSR count). The molecular formula is C19H21N3O4. The molecule has 0 saturated carbocycles. The Morgan fingerprint density at radius 1 is 1.23 bits per heavy atom. The Hall–Kier alpha value is -3.09. The molecule has 0 fully saturated rings. The Bertz CT molecular complexity index is 959. The molecule has 7 nitrogen and oxygen atoms in total. The second-order valence-electron chi connectivity index (χ2n) is 7.05. The summed E-state index contributed by atoms with van der Waals surface area (Å²) < 4.78 is 12.1. The minimum Gasteiger partial charge on any atom is -0.454 e. The zero-order valence-corrected chi connectivity index (χ0v) is 15.0. The predicted octanol–water partition coefficient (Wildman–Crippen LogP) is 2.71. The molecule has 0 aliphatic rings. The molecule has 0 aliphatic carbocycles. The second-order valence-corrected chi connectivity index (χ2v) is 7.05. The number of amides is 1. The van der Waals surface area contributed by atoms with Gasteiger partial charge in [0.25, 0.3) is 11.5 Å². The molecule has 136 valence electrons. The lowest BCUT2D eigenvalue weighted by Gasteiger charge is -2.16. The van der Waals surface area contributed by atoms with Crippen molar-refractivity contribution in [1.29, 1.82) is 0 Å². The molecule has 0 unspecified atom stereocenters. The number of aromatic nitrogens is 2. The number of hydrogen-bond acceptors (Lipinski definition) is 5. The van der Waals surface area contributed by atoms with Crippen LogP contribution in [0.2, 0.25) is 0 Å². The van der Waals surface area contributed by atoms with Crippen molar-refractivity contribution in [1.82, 2.24) is 15.0 Å². The van der Waals surface area contributed by atoms with E-state index in [4.69, 9.17) is 8.94 Å². The van der Waals surface area contributed by atoms with Crippen LogP contribution < -0.4 is 10.9 Å². The summed E-state index contributed by atoms with van der Waals surface area (Å²) in [7, 11) is 0. The van der Waals surface area contributed by atoms with Crippen molar-refractivity contribution in [2.24, 2.45) is 0 Å². The Morgan fingerprint density at radius 3 is 2.77 bits per heavy atom. The summed E-state index contributed by atoms with van der Waals surface area (Å²) in [5, 5.41) is 6.82. The van der Waals surface area contributed by atoms with E-state index in [9.17, 15) is 9.59 Å². The van der Waals surface area contributed by atoms with Crippen molar-refractivity contribution in [3.63, 3.8) is 0 Å². The van der Waals surface area contributed by atoms with Crippen LogP contribution in [0.1, 0.15) is 48.3 Å². The summed E-state index contributed by atoms with van der Waals surface area (Å²) in [6.07, 6.45) is 3.21. The minimum atomic E-state index is -0.335. The number of furan rings is 1. The molecule has 0 radical (unpaired) electrons. The van der Waals surface area contributed by atoms with E-state index in [0.29, 0.717) is 12.3 Å². The van der Waals surface area contributed by atoms with E-state index in [1.807, 2.05) is 20.8 Å². The molecule has 26 heavy (non-hydrogen) atoms. The Labute approximate surface area is 150 Å². The van der Waals surface area contributed by atoms with Crippen molar-refractivity contribution in [3.05, 3.63) is 75.9 Å². The number of nitrogens with one attached hydrogen (secondary N) is 1. The van der Waals surface area contributed by atoms with Crippen molar-refractivity contribution in [2.45, 2.75) is 39.3 Å². The highest BCUT2D eigenvalue weighted by molar-refractivity contribution is 5.91. The van der Waals surface area contributed by atoms with Crippen LogP contribution in [0, 0.1) is 0 Å². The SMILES string of the molecule is CC(C)(C)c1nocc1CNC(=O)c1ccc(Cn2ccccc2=O)o1. The molecule has 0 saturated heterocycles. The molecule has 0 aromatic carbocycles. The number of carbonyl (C=O) groups excluding carboxylic acids is 1. The first-order valence-corrected chi connectivity index (χ1v) is 8.31. The van der Waals surface area contributed by atoms with Gasteiger partial charge in [0.15, 0.2) is 5.76 Å². The maximum Gasteiger partial charge on any atom is 0.287 e. The van der Waals surface area contributed by atoms with Gasteiger partial charge in [0.1, 0.15) is 12.0 Å². The number of nitrogens with zero attached hydrogens (tertiary/aromatic N) is 2. The van der Waals surface area contributed by atoms with Crippen LogP contribution in [0.4, 0.5) is 0 Å². The number of rotatable bonds is 5. The largest absolute Gasteiger partial charge is 0.454 e. The normalized spacial score (nSPS) is 11.5. The first kappa shape index (κ1) is 17.7. The molecule has 0 atom stereocenters. The first-order chi connectivity index (χ1) is 12.3. The summed E-state index contributed by atoms with van der Waals surface area (Å²) in [4.78, 5) is 24.0. The van der Waals surface area contributed by atoms with Gasteiger partial charge in [-0.25, -0.2) is 0 Å². The minimum absolute atomic E-state index is 0.128. The maximum atomic E-state index is 12.3. The van der Waals surface area contributed by atoms with Crippen molar-refractivity contribution >= 4 is 5.91 Å². The van der Waals surface area contributed by atoms with E-state index >= 15 is 0 Å². The fourth-order valence-electron chi connectivity index (χ4n) is 2.61. The first-order valence-electron chi connectivity index (χ1n) is 8.31. The molecule has 0 bridgehead atoms. The molecule has 1 N–H and O–H groups in total.